The van der Waals surface area contributed by atoms with E-state index in [1.807, 2.05) is 30.3 Å². The SMILES string of the molecule is CC(CN)(CCC[Si](C)(C)C)CC(=O)OCc1ccccc1. The van der Waals surface area contributed by atoms with Crippen molar-refractivity contribution in [1.82, 2.24) is 0 Å². The number of carbonyl (C=O) groups excluding carboxylic acids is 1. The van der Waals surface area contributed by atoms with Crippen LogP contribution in [0.3, 0.4) is 0 Å². The number of hydrogen-bond donors (Lipinski definition) is 1. The van der Waals surface area contributed by atoms with E-state index in [1.54, 1.807) is 0 Å². The van der Waals surface area contributed by atoms with E-state index in [0.29, 0.717) is 19.6 Å². The Morgan fingerprint density at radius 1 is 1.23 bits per heavy atom. The van der Waals surface area contributed by atoms with Crippen LogP contribution in [0.5, 0.6) is 0 Å². The molecule has 2 N–H and O–H groups in total. The molecular weight excluding hydrogens is 290 g/mol. The molecule has 0 fully saturated rings. The lowest BCUT2D eigenvalue weighted by Gasteiger charge is -2.28. The fraction of sp³-hybridized carbons (Fsp3) is 0.611. The Balaban J connectivity index is 2.41. The number of ether oxygens (including phenoxy) is 1. The molecule has 1 rings (SSSR count). The van der Waals surface area contributed by atoms with Crippen molar-refractivity contribution < 1.29 is 9.53 Å². The number of esters is 1. The number of benzene rings is 1. The molecule has 22 heavy (non-hydrogen) atoms. The minimum atomic E-state index is -1.03. The predicted octanol–water partition coefficient (Wildman–Crippen LogP) is 4.20. The summed E-state index contributed by atoms with van der Waals surface area (Å²) in [5.41, 5.74) is 6.79. The first-order valence-electron chi connectivity index (χ1n) is 8.14. The maximum atomic E-state index is 12.1. The van der Waals surface area contributed by atoms with Crippen LogP contribution in [0.2, 0.25) is 25.7 Å². The maximum absolute atomic E-state index is 12.1. The lowest BCUT2D eigenvalue weighted by atomic mass is 9.82. The summed E-state index contributed by atoms with van der Waals surface area (Å²) in [5, 5.41) is 0. The van der Waals surface area contributed by atoms with Crippen molar-refractivity contribution >= 4 is 14.0 Å². The van der Waals surface area contributed by atoms with Crippen molar-refractivity contribution in [2.24, 2.45) is 11.1 Å². The topological polar surface area (TPSA) is 52.3 Å². The highest BCUT2D eigenvalue weighted by Gasteiger charge is 2.27. The van der Waals surface area contributed by atoms with Gasteiger partial charge in [0.25, 0.3) is 0 Å². The second-order valence-corrected chi connectivity index (χ2v) is 13.4. The van der Waals surface area contributed by atoms with Crippen molar-refractivity contribution in [2.45, 2.75) is 58.5 Å². The van der Waals surface area contributed by atoms with Crippen molar-refractivity contribution in [3.8, 4) is 0 Å². The maximum Gasteiger partial charge on any atom is 0.306 e. The van der Waals surface area contributed by atoms with Gasteiger partial charge in [0.05, 0.1) is 6.42 Å². The van der Waals surface area contributed by atoms with Crippen molar-refractivity contribution in [2.75, 3.05) is 6.54 Å². The van der Waals surface area contributed by atoms with E-state index in [2.05, 4.69) is 26.6 Å². The monoisotopic (exact) mass is 321 g/mol. The van der Waals surface area contributed by atoms with Gasteiger partial charge in [0.2, 0.25) is 0 Å². The Morgan fingerprint density at radius 3 is 2.41 bits per heavy atom. The molecule has 4 heteroatoms. The Morgan fingerprint density at radius 2 is 1.86 bits per heavy atom. The summed E-state index contributed by atoms with van der Waals surface area (Å²) >= 11 is 0. The normalized spacial score (nSPS) is 14.4. The molecule has 124 valence electrons. The van der Waals surface area contributed by atoms with Crippen LogP contribution in [-0.4, -0.2) is 20.6 Å². The molecule has 1 aromatic rings. The van der Waals surface area contributed by atoms with Gasteiger partial charge in [-0.1, -0.05) is 69.4 Å². The Bertz CT molecular complexity index is 456. The molecule has 0 saturated heterocycles. The third-order valence-corrected chi connectivity index (χ3v) is 5.87. The van der Waals surface area contributed by atoms with Crippen molar-refractivity contribution in [1.29, 1.82) is 0 Å². The summed E-state index contributed by atoms with van der Waals surface area (Å²) in [5.74, 6) is -0.148. The van der Waals surface area contributed by atoms with Crippen LogP contribution in [0, 0.1) is 5.41 Å². The van der Waals surface area contributed by atoms with E-state index in [9.17, 15) is 4.79 Å². The number of hydrogen-bond acceptors (Lipinski definition) is 3. The van der Waals surface area contributed by atoms with E-state index < -0.39 is 8.07 Å². The van der Waals surface area contributed by atoms with Gasteiger partial charge >= 0.3 is 5.97 Å². The molecule has 0 saturated carbocycles. The molecule has 0 spiro atoms. The molecule has 0 bridgehead atoms. The average Bonchev–Trinajstić information content (AvgIpc) is 2.45. The molecule has 0 amide bonds. The summed E-state index contributed by atoms with van der Waals surface area (Å²) < 4.78 is 5.39. The van der Waals surface area contributed by atoms with Crippen LogP contribution in [0.25, 0.3) is 0 Å². The van der Waals surface area contributed by atoms with E-state index in [-0.39, 0.29) is 11.4 Å². The Labute approximate surface area is 136 Å². The molecule has 0 aliphatic carbocycles. The van der Waals surface area contributed by atoms with Gasteiger partial charge in [-0.3, -0.25) is 4.79 Å². The number of carbonyl (C=O) groups is 1. The average molecular weight is 322 g/mol. The largest absolute Gasteiger partial charge is 0.461 e. The molecule has 1 atom stereocenters. The van der Waals surface area contributed by atoms with Crippen LogP contribution >= 0.6 is 0 Å². The highest BCUT2D eigenvalue weighted by molar-refractivity contribution is 6.76. The van der Waals surface area contributed by atoms with Gasteiger partial charge < -0.3 is 10.5 Å². The van der Waals surface area contributed by atoms with Gasteiger partial charge in [0.15, 0.2) is 0 Å². The lowest BCUT2D eigenvalue weighted by Crippen LogP contribution is -2.31. The molecule has 1 aromatic carbocycles. The van der Waals surface area contributed by atoms with E-state index in [1.165, 1.54) is 6.04 Å². The highest BCUT2D eigenvalue weighted by Crippen LogP contribution is 2.29. The molecule has 3 nitrogen and oxygen atoms in total. The van der Waals surface area contributed by atoms with E-state index in [0.717, 1.165) is 18.4 Å². The predicted molar refractivity (Wildman–Crippen MR) is 95.4 cm³/mol. The zero-order valence-corrected chi connectivity index (χ0v) is 15.5. The summed E-state index contributed by atoms with van der Waals surface area (Å²) in [7, 11) is -1.03. The molecule has 0 heterocycles. The number of rotatable bonds is 9. The third kappa shape index (κ3) is 7.76. The zero-order valence-electron chi connectivity index (χ0n) is 14.5. The number of nitrogens with two attached hydrogens (primary N) is 1. The van der Waals surface area contributed by atoms with E-state index in [4.69, 9.17) is 10.5 Å². The van der Waals surface area contributed by atoms with Gasteiger partial charge in [-0.05, 0) is 23.9 Å². The van der Waals surface area contributed by atoms with Gasteiger partial charge in [0, 0.05) is 8.07 Å². The second-order valence-electron chi connectivity index (χ2n) is 7.75. The molecular formula is C18H31NO2Si. The zero-order chi connectivity index (χ0) is 16.6. The van der Waals surface area contributed by atoms with Gasteiger partial charge in [-0.2, -0.15) is 0 Å². The van der Waals surface area contributed by atoms with Crippen LogP contribution in [-0.2, 0) is 16.1 Å². The van der Waals surface area contributed by atoms with Crippen molar-refractivity contribution in [3.05, 3.63) is 35.9 Å². The third-order valence-electron chi connectivity index (χ3n) is 4.01. The first-order chi connectivity index (χ1) is 10.2. The quantitative estimate of drug-likeness (QED) is 0.548. The van der Waals surface area contributed by atoms with Crippen molar-refractivity contribution in [3.63, 3.8) is 0 Å². The first kappa shape index (κ1) is 18.9. The summed E-state index contributed by atoms with van der Waals surface area (Å²) in [6.45, 7) is 10.1. The Hall–Kier alpha value is -1.13. The van der Waals surface area contributed by atoms with Crippen LogP contribution in [0.1, 0.15) is 31.7 Å². The van der Waals surface area contributed by atoms with Crippen LogP contribution < -0.4 is 5.73 Å². The molecule has 0 aromatic heterocycles. The van der Waals surface area contributed by atoms with Gasteiger partial charge in [-0.25, -0.2) is 0 Å². The summed E-state index contributed by atoms with van der Waals surface area (Å²) in [6.07, 6.45) is 2.55. The molecule has 1 unspecified atom stereocenters. The molecule has 0 aliphatic heterocycles. The fourth-order valence-electron chi connectivity index (χ4n) is 2.45. The second kappa shape index (κ2) is 8.49. The lowest BCUT2D eigenvalue weighted by molar-refractivity contribution is -0.147. The molecule has 0 radical (unpaired) electrons. The summed E-state index contributed by atoms with van der Waals surface area (Å²) in [6, 6.07) is 11.1. The minimum absolute atomic E-state index is 0.145. The molecule has 0 aliphatic rings. The van der Waals surface area contributed by atoms with Gasteiger partial charge in [-0.15, -0.1) is 0 Å². The first-order valence-corrected chi connectivity index (χ1v) is 11.8. The Kier molecular flexibility index (Phi) is 7.30. The summed E-state index contributed by atoms with van der Waals surface area (Å²) in [4.78, 5) is 12.1. The highest BCUT2D eigenvalue weighted by atomic mass is 28.3. The van der Waals surface area contributed by atoms with Crippen LogP contribution in [0.4, 0.5) is 0 Å². The van der Waals surface area contributed by atoms with Crippen LogP contribution in [0.15, 0.2) is 30.3 Å². The standard InChI is InChI=1S/C18H31NO2Si/c1-18(15-19,11-8-12-22(2,3)4)13-17(20)21-14-16-9-6-5-7-10-16/h5-7,9-10H,8,11-15,19H2,1-4H3. The van der Waals surface area contributed by atoms with E-state index >= 15 is 0 Å². The minimum Gasteiger partial charge on any atom is -0.461 e. The van der Waals surface area contributed by atoms with Gasteiger partial charge in [0.1, 0.15) is 6.61 Å². The fourth-order valence-corrected chi connectivity index (χ4v) is 3.68. The smallest absolute Gasteiger partial charge is 0.306 e.